The molecule has 7 heteroatoms. The second-order valence-corrected chi connectivity index (χ2v) is 8.01. The van der Waals surface area contributed by atoms with Crippen molar-refractivity contribution in [1.29, 1.82) is 0 Å². The van der Waals surface area contributed by atoms with Crippen molar-refractivity contribution < 1.29 is 9.47 Å². The average Bonchev–Trinajstić information content (AvgIpc) is 2.76. The number of nitrogens with one attached hydrogen (secondary N) is 1. The average molecular weight is 420 g/mol. The lowest BCUT2D eigenvalue weighted by Gasteiger charge is -2.24. The van der Waals surface area contributed by atoms with E-state index >= 15 is 0 Å². The van der Waals surface area contributed by atoms with E-state index < -0.39 is 0 Å². The maximum atomic E-state index is 6.27. The van der Waals surface area contributed by atoms with Crippen molar-refractivity contribution in [3.63, 3.8) is 0 Å². The second-order valence-electron chi connectivity index (χ2n) is 8.01. The lowest BCUT2D eigenvalue weighted by Crippen LogP contribution is -2.26. The summed E-state index contributed by atoms with van der Waals surface area (Å²) in [6.07, 6.45) is 3.67. The maximum Gasteiger partial charge on any atom is 0.227 e. The topological polar surface area (TPSA) is 85.5 Å². The predicted octanol–water partition coefficient (Wildman–Crippen LogP) is 4.09. The highest BCUT2D eigenvalue weighted by Gasteiger charge is 2.17. The van der Waals surface area contributed by atoms with Crippen molar-refractivity contribution in [2.24, 2.45) is 0 Å². The van der Waals surface area contributed by atoms with Gasteiger partial charge in [0.1, 0.15) is 11.9 Å². The van der Waals surface area contributed by atoms with Gasteiger partial charge < -0.3 is 25.4 Å². The third-order valence-corrected chi connectivity index (χ3v) is 5.11. The number of nitrogens with two attached hydrogens (primary N) is 1. The second kappa shape index (κ2) is 9.76. The molecule has 7 nitrogen and oxygen atoms in total. The molecular weight excluding hydrogens is 390 g/mol. The highest BCUT2D eigenvalue weighted by atomic mass is 16.5. The minimum absolute atomic E-state index is 0.153. The van der Waals surface area contributed by atoms with Crippen LogP contribution < -0.4 is 15.8 Å². The molecule has 2 aromatic carbocycles. The Morgan fingerprint density at radius 3 is 2.74 bits per heavy atom. The molecule has 1 aliphatic rings. The molecule has 0 amide bonds. The van der Waals surface area contributed by atoms with Gasteiger partial charge in [-0.2, -0.15) is 0 Å². The number of ether oxygens (including phenoxy) is 2. The molecule has 0 bridgehead atoms. The standard InChI is InChI=1S/C24H29N5O2/c1-29(2)16-17-4-3-5-19(14-17)27-24-26-11-8-22(28-24)18-6-7-23(21(25)15-18)31-20-9-12-30-13-10-20/h3-8,11,14-15,20H,9-10,12-13,16,25H2,1-2H3,(H,26,27,28). The number of nitrogens with zero attached hydrogens (tertiary/aromatic N) is 3. The zero-order valence-corrected chi connectivity index (χ0v) is 18.0. The summed E-state index contributed by atoms with van der Waals surface area (Å²) in [5.74, 6) is 1.25. The van der Waals surface area contributed by atoms with Gasteiger partial charge in [-0.1, -0.05) is 12.1 Å². The fourth-order valence-corrected chi connectivity index (χ4v) is 3.61. The van der Waals surface area contributed by atoms with Gasteiger partial charge in [-0.25, -0.2) is 9.97 Å². The number of aromatic nitrogens is 2. The van der Waals surface area contributed by atoms with Gasteiger partial charge in [-0.15, -0.1) is 0 Å². The maximum absolute atomic E-state index is 6.27. The summed E-state index contributed by atoms with van der Waals surface area (Å²) in [6, 6.07) is 15.9. The smallest absolute Gasteiger partial charge is 0.227 e. The molecule has 3 N–H and O–H groups in total. The molecule has 4 rings (SSSR count). The Labute approximate surface area is 183 Å². The first-order valence-corrected chi connectivity index (χ1v) is 10.5. The Kier molecular flexibility index (Phi) is 6.64. The minimum Gasteiger partial charge on any atom is -0.488 e. The summed E-state index contributed by atoms with van der Waals surface area (Å²) in [6.45, 7) is 2.34. The van der Waals surface area contributed by atoms with E-state index in [0.717, 1.165) is 49.5 Å². The predicted molar refractivity (Wildman–Crippen MR) is 123 cm³/mol. The largest absolute Gasteiger partial charge is 0.488 e. The van der Waals surface area contributed by atoms with Crippen LogP contribution in [0.3, 0.4) is 0 Å². The van der Waals surface area contributed by atoms with Crippen LogP contribution in [-0.4, -0.2) is 48.3 Å². The molecule has 0 radical (unpaired) electrons. The van der Waals surface area contributed by atoms with Gasteiger partial charge in [-0.3, -0.25) is 0 Å². The van der Waals surface area contributed by atoms with Crippen molar-refractivity contribution in [3.8, 4) is 17.0 Å². The van der Waals surface area contributed by atoms with Crippen LogP contribution in [0.4, 0.5) is 17.3 Å². The monoisotopic (exact) mass is 419 g/mol. The fourth-order valence-electron chi connectivity index (χ4n) is 3.61. The van der Waals surface area contributed by atoms with Crippen LogP contribution in [0.1, 0.15) is 18.4 Å². The molecule has 0 saturated carbocycles. The molecule has 3 aromatic rings. The van der Waals surface area contributed by atoms with Crippen LogP contribution in [0.15, 0.2) is 54.7 Å². The molecule has 0 spiro atoms. The van der Waals surface area contributed by atoms with E-state index in [0.29, 0.717) is 17.4 Å². The Hall–Kier alpha value is -3.16. The highest BCUT2D eigenvalue weighted by molar-refractivity contribution is 5.69. The zero-order chi connectivity index (χ0) is 21.6. The van der Waals surface area contributed by atoms with Gasteiger partial charge in [-0.05, 0) is 56.1 Å². The van der Waals surface area contributed by atoms with Gasteiger partial charge in [0.2, 0.25) is 5.95 Å². The van der Waals surface area contributed by atoms with Crippen LogP contribution >= 0.6 is 0 Å². The SMILES string of the molecule is CN(C)Cc1cccc(Nc2nccc(-c3ccc(OC4CCOCC4)c(N)c3)n2)c1. The molecule has 0 atom stereocenters. The summed E-state index contributed by atoms with van der Waals surface area (Å²) in [5.41, 5.74) is 10.8. The molecule has 31 heavy (non-hydrogen) atoms. The van der Waals surface area contributed by atoms with Crippen molar-refractivity contribution in [3.05, 3.63) is 60.3 Å². The van der Waals surface area contributed by atoms with Crippen LogP contribution in [0.25, 0.3) is 11.3 Å². The van der Waals surface area contributed by atoms with Crippen molar-refractivity contribution >= 4 is 17.3 Å². The number of rotatable bonds is 7. The minimum atomic E-state index is 0.153. The van der Waals surface area contributed by atoms with Gasteiger partial charge in [0.25, 0.3) is 0 Å². The molecule has 1 aromatic heterocycles. The summed E-state index contributed by atoms with van der Waals surface area (Å²) >= 11 is 0. The number of hydrogen-bond acceptors (Lipinski definition) is 7. The van der Waals surface area contributed by atoms with Crippen LogP contribution in [0.2, 0.25) is 0 Å². The first-order valence-electron chi connectivity index (χ1n) is 10.5. The van der Waals surface area contributed by atoms with Gasteiger partial charge in [0.15, 0.2) is 0 Å². The molecule has 0 aliphatic carbocycles. The van der Waals surface area contributed by atoms with E-state index in [2.05, 4.69) is 46.4 Å². The third-order valence-electron chi connectivity index (χ3n) is 5.11. The van der Waals surface area contributed by atoms with Crippen LogP contribution in [-0.2, 0) is 11.3 Å². The van der Waals surface area contributed by atoms with Crippen molar-refractivity contribution in [2.45, 2.75) is 25.5 Å². The normalized spacial score (nSPS) is 14.5. The Morgan fingerprint density at radius 1 is 1.13 bits per heavy atom. The molecule has 1 saturated heterocycles. The molecular formula is C24H29N5O2. The Balaban J connectivity index is 1.48. The Morgan fingerprint density at radius 2 is 1.97 bits per heavy atom. The number of nitrogen functional groups attached to an aromatic ring is 1. The molecule has 2 heterocycles. The Bertz CT molecular complexity index is 1020. The molecule has 162 valence electrons. The number of anilines is 3. The van der Waals surface area contributed by atoms with E-state index in [1.165, 1.54) is 5.56 Å². The summed E-state index contributed by atoms with van der Waals surface area (Å²) in [4.78, 5) is 11.2. The zero-order valence-electron chi connectivity index (χ0n) is 18.0. The first kappa shape index (κ1) is 21.1. The quantitative estimate of drug-likeness (QED) is 0.558. The van der Waals surface area contributed by atoms with Crippen molar-refractivity contribution in [1.82, 2.24) is 14.9 Å². The third kappa shape index (κ3) is 5.71. The molecule has 0 unspecified atom stereocenters. The first-order chi connectivity index (χ1) is 15.1. The van der Waals surface area contributed by atoms with Crippen LogP contribution in [0, 0.1) is 0 Å². The van der Waals surface area contributed by atoms with E-state index in [1.54, 1.807) is 6.20 Å². The number of benzene rings is 2. The van der Waals surface area contributed by atoms with E-state index in [1.807, 2.05) is 36.4 Å². The lowest BCUT2D eigenvalue weighted by molar-refractivity contribution is 0.0259. The molecule has 1 fully saturated rings. The van der Waals surface area contributed by atoms with E-state index in [4.69, 9.17) is 15.2 Å². The van der Waals surface area contributed by atoms with E-state index in [9.17, 15) is 0 Å². The highest BCUT2D eigenvalue weighted by Crippen LogP contribution is 2.30. The molecule has 1 aliphatic heterocycles. The van der Waals surface area contributed by atoms with Crippen LogP contribution in [0.5, 0.6) is 5.75 Å². The number of hydrogen-bond donors (Lipinski definition) is 2. The summed E-state index contributed by atoms with van der Waals surface area (Å²) in [5, 5.41) is 3.30. The summed E-state index contributed by atoms with van der Waals surface area (Å²) < 4.78 is 11.5. The van der Waals surface area contributed by atoms with Gasteiger partial charge >= 0.3 is 0 Å². The summed E-state index contributed by atoms with van der Waals surface area (Å²) in [7, 11) is 4.11. The van der Waals surface area contributed by atoms with Crippen molar-refractivity contribution in [2.75, 3.05) is 38.4 Å². The van der Waals surface area contributed by atoms with E-state index in [-0.39, 0.29) is 6.10 Å². The van der Waals surface area contributed by atoms with Gasteiger partial charge in [0.05, 0.1) is 24.6 Å². The fraction of sp³-hybridized carbons (Fsp3) is 0.333. The van der Waals surface area contributed by atoms with Gasteiger partial charge in [0, 0.05) is 36.8 Å². The lowest BCUT2D eigenvalue weighted by atomic mass is 10.1.